The van der Waals surface area contributed by atoms with Crippen LogP contribution in [-0.2, 0) is 4.79 Å². The van der Waals surface area contributed by atoms with Crippen molar-refractivity contribution in [2.24, 2.45) is 5.41 Å². The quantitative estimate of drug-likeness (QED) is 0.716. The number of carbonyl (C=O) groups excluding carboxylic acids is 1. The van der Waals surface area contributed by atoms with Gasteiger partial charge < -0.3 is 5.32 Å². The first kappa shape index (κ1) is 12.3. The lowest BCUT2D eigenvalue weighted by molar-refractivity contribution is -0.129. The van der Waals surface area contributed by atoms with Crippen LogP contribution in [0.1, 0.15) is 46.0 Å². The number of hydrogen-bond donors (Lipinski definition) is 1. The first-order valence-electron chi connectivity index (χ1n) is 5.89. The third-order valence-electron chi connectivity index (χ3n) is 3.31. The third kappa shape index (κ3) is 3.07. The van der Waals surface area contributed by atoms with Crippen LogP contribution in [0.5, 0.6) is 0 Å². The maximum absolute atomic E-state index is 12.1. The molecule has 2 nitrogen and oxygen atoms in total. The summed E-state index contributed by atoms with van der Waals surface area (Å²) in [6, 6.07) is 0. The van der Waals surface area contributed by atoms with E-state index in [2.05, 4.69) is 24.1 Å². The second kappa shape index (κ2) is 5.92. The van der Waals surface area contributed by atoms with Crippen molar-refractivity contribution in [2.45, 2.75) is 46.0 Å². The van der Waals surface area contributed by atoms with Crippen molar-refractivity contribution in [1.29, 1.82) is 0 Å². The first-order valence-corrected chi connectivity index (χ1v) is 5.89. The smallest absolute Gasteiger partial charge is 0.150 e. The van der Waals surface area contributed by atoms with Gasteiger partial charge in [-0.15, -0.1) is 5.92 Å². The van der Waals surface area contributed by atoms with Gasteiger partial charge in [-0.25, -0.2) is 0 Å². The molecule has 15 heavy (non-hydrogen) atoms. The topological polar surface area (TPSA) is 29.1 Å². The van der Waals surface area contributed by atoms with Crippen LogP contribution in [0.15, 0.2) is 0 Å². The fraction of sp³-hybridized carbons (Fsp3) is 0.769. The molecule has 2 heteroatoms. The lowest BCUT2D eigenvalue weighted by atomic mass is 9.71. The summed E-state index contributed by atoms with van der Waals surface area (Å²) in [5.41, 5.74) is -0.0656. The monoisotopic (exact) mass is 207 g/mol. The van der Waals surface area contributed by atoms with Crippen molar-refractivity contribution >= 4 is 5.78 Å². The van der Waals surface area contributed by atoms with Crippen molar-refractivity contribution in [3.8, 4) is 11.8 Å². The van der Waals surface area contributed by atoms with Crippen LogP contribution in [0.4, 0.5) is 0 Å². The zero-order chi connectivity index (χ0) is 11.1. The minimum absolute atomic E-state index is 0.0656. The number of Topliss-reactive ketones (excluding diaryl/α,β-unsaturated/α-hetero) is 1. The molecule has 0 amide bonds. The van der Waals surface area contributed by atoms with Crippen LogP contribution in [-0.4, -0.2) is 18.9 Å². The van der Waals surface area contributed by atoms with Crippen molar-refractivity contribution in [2.75, 3.05) is 13.1 Å². The molecule has 0 saturated carbocycles. The summed E-state index contributed by atoms with van der Waals surface area (Å²) in [5.74, 6) is 6.08. The molecule has 1 fully saturated rings. The van der Waals surface area contributed by atoms with Crippen molar-refractivity contribution in [3.05, 3.63) is 0 Å². The Morgan fingerprint density at radius 2 is 2.07 bits per heavy atom. The lowest BCUT2D eigenvalue weighted by Gasteiger charge is -2.35. The molecule has 1 heterocycles. The van der Waals surface area contributed by atoms with Crippen molar-refractivity contribution in [1.82, 2.24) is 5.32 Å². The zero-order valence-corrected chi connectivity index (χ0v) is 9.86. The van der Waals surface area contributed by atoms with Gasteiger partial charge in [0.05, 0.1) is 6.42 Å². The van der Waals surface area contributed by atoms with Crippen LogP contribution >= 0.6 is 0 Å². The molecule has 0 unspecified atom stereocenters. The van der Waals surface area contributed by atoms with Gasteiger partial charge in [-0.05, 0) is 39.3 Å². The number of rotatable bonds is 4. The van der Waals surface area contributed by atoms with Gasteiger partial charge in [-0.3, -0.25) is 4.79 Å². The highest BCUT2D eigenvalue weighted by Gasteiger charge is 2.37. The molecule has 0 aromatic rings. The molecule has 84 valence electrons. The molecular weight excluding hydrogens is 186 g/mol. The molecule has 0 radical (unpaired) electrons. The van der Waals surface area contributed by atoms with E-state index >= 15 is 0 Å². The molecule has 0 atom stereocenters. The van der Waals surface area contributed by atoms with Gasteiger partial charge in [0.15, 0.2) is 5.78 Å². The fourth-order valence-electron chi connectivity index (χ4n) is 2.41. The maximum atomic E-state index is 12.1. The predicted octanol–water partition coefficient (Wildman–Crippen LogP) is 2.14. The van der Waals surface area contributed by atoms with E-state index in [0.717, 1.165) is 38.8 Å². The summed E-state index contributed by atoms with van der Waals surface area (Å²) >= 11 is 0. The van der Waals surface area contributed by atoms with Gasteiger partial charge in [0.25, 0.3) is 0 Å². The number of hydrogen-bond acceptors (Lipinski definition) is 2. The SMILES string of the molecule is CC#CCC(=O)C1(CCC)CCNCC1. The molecule has 0 spiro atoms. The highest BCUT2D eigenvalue weighted by molar-refractivity contribution is 5.87. The number of nitrogens with one attached hydrogen (secondary N) is 1. The summed E-state index contributed by atoms with van der Waals surface area (Å²) in [7, 11) is 0. The Bertz CT molecular complexity index is 260. The van der Waals surface area contributed by atoms with E-state index in [-0.39, 0.29) is 5.41 Å². The molecule has 0 aromatic carbocycles. The van der Waals surface area contributed by atoms with Crippen LogP contribution < -0.4 is 5.32 Å². The number of carbonyl (C=O) groups is 1. The Labute approximate surface area is 92.8 Å². The Morgan fingerprint density at radius 1 is 1.40 bits per heavy atom. The summed E-state index contributed by atoms with van der Waals surface area (Å²) in [5, 5.41) is 3.32. The molecule has 0 aromatic heterocycles. The van der Waals surface area contributed by atoms with Gasteiger partial charge in [-0.1, -0.05) is 19.3 Å². The maximum Gasteiger partial charge on any atom is 0.150 e. The molecule has 1 saturated heterocycles. The Hall–Kier alpha value is -0.810. The van der Waals surface area contributed by atoms with E-state index in [9.17, 15) is 4.79 Å². The van der Waals surface area contributed by atoms with Gasteiger partial charge in [0.1, 0.15) is 0 Å². The molecule has 1 aliphatic rings. The van der Waals surface area contributed by atoms with E-state index in [1.807, 2.05) is 0 Å². The summed E-state index contributed by atoms with van der Waals surface area (Å²) in [6.45, 7) is 5.90. The molecular formula is C13H21NO. The van der Waals surface area contributed by atoms with E-state index in [4.69, 9.17) is 0 Å². The fourth-order valence-corrected chi connectivity index (χ4v) is 2.41. The molecule has 0 aliphatic carbocycles. The molecule has 0 bridgehead atoms. The third-order valence-corrected chi connectivity index (χ3v) is 3.31. The average Bonchev–Trinajstić information content (AvgIpc) is 2.27. The Balaban J connectivity index is 2.68. The second-order valence-corrected chi connectivity index (χ2v) is 4.31. The Morgan fingerprint density at radius 3 is 2.60 bits per heavy atom. The number of piperidine rings is 1. The van der Waals surface area contributed by atoms with Gasteiger partial charge in [0.2, 0.25) is 0 Å². The molecule has 1 N–H and O–H groups in total. The van der Waals surface area contributed by atoms with E-state index in [0.29, 0.717) is 12.2 Å². The van der Waals surface area contributed by atoms with E-state index < -0.39 is 0 Å². The summed E-state index contributed by atoms with van der Waals surface area (Å²) < 4.78 is 0. The van der Waals surface area contributed by atoms with Crippen LogP contribution in [0.3, 0.4) is 0 Å². The second-order valence-electron chi connectivity index (χ2n) is 4.31. The summed E-state index contributed by atoms with van der Waals surface area (Å²) in [4.78, 5) is 12.1. The first-order chi connectivity index (χ1) is 7.25. The van der Waals surface area contributed by atoms with E-state index in [1.165, 1.54) is 0 Å². The molecule has 1 rings (SSSR count). The van der Waals surface area contributed by atoms with Crippen LogP contribution in [0.25, 0.3) is 0 Å². The zero-order valence-electron chi connectivity index (χ0n) is 9.86. The van der Waals surface area contributed by atoms with E-state index in [1.54, 1.807) is 6.92 Å². The van der Waals surface area contributed by atoms with Gasteiger partial charge in [-0.2, -0.15) is 0 Å². The van der Waals surface area contributed by atoms with Crippen LogP contribution in [0.2, 0.25) is 0 Å². The predicted molar refractivity (Wildman–Crippen MR) is 62.5 cm³/mol. The average molecular weight is 207 g/mol. The molecule has 1 aliphatic heterocycles. The minimum atomic E-state index is -0.0656. The van der Waals surface area contributed by atoms with Crippen LogP contribution in [0, 0.1) is 17.3 Å². The largest absolute Gasteiger partial charge is 0.317 e. The summed E-state index contributed by atoms with van der Waals surface area (Å²) in [6.07, 6.45) is 4.54. The number of ketones is 1. The van der Waals surface area contributed by atoms with Gasteiger partial charge >= 0.3 is 0 Å². The Kier molecular flexibility index (Phi) is 4.84. The minimum Gasteiger partial charge on any atom is -0.317 e. The highest BCUT2D eigenvalue weighted by Crippen LogP contribution is 2.35. The van der Waals surface area contributed by atoms with Crippen molar-refractivity contribution < 1.29 is 4.79 Å². The highest BCUT2D eigenvalue weighted by atomic mass is 16.1. The normalized spacial score (nSPS) is 19.1. The van der Waals surface area contributed by atoms with Gasteiger partial charge in [0, 0.05) is 5.41 Å². The standard InChI is InChI=1S/C13H21NO/c1-3-5-6-12(15)13(7-4-2)8-10-14-11-9-13/h14H,4,6-11H2,1-2H3. The van der Waals surface area contributed by atoms with Crippen molar-refractivity contribution in [3.63, 3.8) is 0 Å². The lowest BCUT2D eigenvalue weighted by Crippen LogP contribution is -2.42.